The summed E-state index contributed by atoms with van der Waals surface area (Å²) in [7, 11) is -3.64. The molecule has 1 fully saturated rings. The molecular weight excluding hydrogens is 350 g/mol. The number of ether oxygens (including phenoxy) is 1. The van der Waals surface area contributed by atoms with E-state index in [-0.39, 0.29) is 17.4 Å². The molecule has 26 heavy (non-hydrogen) atoms. The molecule has 0 bridgehead atoms. The fourth-order valence-corrected chi connectivity index (χ4v) is 5.47. The van der Waals surface area contributed by atoms with E-state index in [1.807, 2.05) is 32.0 Å². The lowest BCUT2D eigenvalue weighted by Gasteiger charge is -2.38. The van der Waals surface area contributed by atoms with E-state index in [2.05, 4.69) is 0 Å². The molecule has 2 aliphatic rings. The molecule has 2 aromatic rings. The van der Waals surface area contributed by atoms with Crippen LogP contribution in [0.5, 0.6) is 0 Å². The Morgan fingerprint density at radius 1 is 1.08 bits per heavy atom. The molecule has 4 rings (SSSR count). The third kappa shape index (κ3) is 2.56. The minimum absolute atomic E-state index is 0.158. The molecule has 5 nitrogen and oxygen atoms in total. The van der Waals surface area contributed by atoms with Crippen LogP contribution in [-0.4, -0.2) is 31.8 Å². The topological polar surface area (TPSA) is 63.7 Å². The lowest BCUT2D eigenvalue weighted by Crippen LogP contribution is -2.48. The number of piperidine rings is 1. The van der Waals surface area contributed by atoms with Crippen LogP contribution < -0.4 is 0 Å². The molecule has 136 valence electrons. The molecule has 1 atom stereocenters. The predicted molar refractivity (Wildman–Crippen MR) is 97.4 cm³/mol. The molecule has 0 saturated carbocycles. The minimum atomic E-state index is -3.64. The van der Waals surface area contributed by atoms with Gasteiger partial charge in [0.05, 0.1) is 17.0 Å². The monoisotopic (exact) mass is 371 g/mol. The first-order chi connectivity index (χ1) is 12.3. The van der Waals surface area contributed by atoms with Gasteiger partial charge in [0.1, 0.15) is 0 Å². The van der Waals surface area contributed by atoms with Crippen LogP contribution in [0.1, 0.15) is 39.9 Å². The number of benzene rings is 2. The fraction of sp³-hybridized carbons (Fsp3) is 0.350. The van der Waals surface area contributed by atoms with Gasteiger partial charge in [0.25, 0.3) is 0 Å². The van der Waals surface area contributed by atoms with E-state index in [9.17, 15) is 13.2 Å². The number of esters is 1. The van der Waals surface area contributed by atoms with Crippen molar-refractivity contribution < 1.29 is 17.9 Å². The number of rotatable bonds is 2. The Morgan fingerprint density at radius 2 is 1.85 bits per heavy atom. The number of hydrogen-bond donors (Lipinski definition) is 0. The van der Waals surface area contributed by atoms with E-state index in [1.54, 1.807) is 24.3 Å². The van der Waals surface area contributed by atoms with Crippen molar-refractivity contribution in [2.45, 2.75) is 37.2 Å². The van der Waals surface area contributed by atoms with E-state index in [0.717, 1.165) is 16.7 Å². The van der Waals surface area contributed by atoms with Gasteiger partial charge in [-0.2, -0.15) is 4.31 Å². The second-order valence-corrected chi connectivity index (χ2v) is 9.06. The van der Waals surface area contributed by atoms with Crippen LogP contribution in [0.25, 0.3) is 0 Å². The highest BCUT2D eigenvalue weighted by Crippen LogP contribution is 2.43. The molecule has 0 radical (unpaired) electrons. The maximum atomic E-state index is 13.2. The van der Waals surface area contributed by atoms with Crippen molar-refractivity contribution in [3.05, 3.63) is 64.7 Å². The lowest BCUT2D eigenvalue weighted by molar-refractivity contribution is -0.0345. The van der Waals surface area contributed by atoms with Crippen molar-refractivity contribution in [1.82, 2.24) is 4.31 Å². The molecule has 0 N–H and O–H groups in total. The van der Waals surface area contributed by atoms with Crippen molar-refractivity contribution in [2.75, 3.05) is 13.1 Å². The van der Waals surface area contributed by atoms with Crippen molar-refractivity contribution >= 4 is 16.0 Å². The summed E-state index contributed by atoms with van der Waals surface area (Å²) in [6.45, 7) is 4.44. The molecule has 1 saturated heterocycles. The third-order valence-electron chi connectivity index (χ3n) is 5.46. The number of nitrogens with zero attached hydrogens (tertiary/aromatic N) is 1. The van der Waals surface area contributed by atoms with Gasteiger partial charge in [-0.3, -0.25) is 0 Å². The number of fused-ring (bicyclic) bond motifs is 2. The third-order valence-corrected chi connectivity index (χ3v) is 7.30. The Bertz CT molecular complexity index is 999. The van der Waals surface area contributed by atoms with E-state index >= 15 is 0 Å². The van der Waals surface area contributed by atoms with Gasteiger partial charge >= 0.3 is 5.97 Å². The van der Waals surface area contributed by atoms with Crippen LogP contribution in [0.3, 0.4) is 0 Å². The number of sulfonamides is 1. The first-order valence-corrected chi connectivity index (χ1v) is 10.2. The van der Waals surface area contributed by atoms with E-state index in [4.69, 9.17) is 4.74 Å². The molecule has 0 aliphatic carbocycles. The summed E-state index contributed by atoms with van der Waals surface area (Å²) in [6.07, 6.45) is 1.28. The average Bonchev–Trinajstić information content (AvgIpc) is 2.89. The van der Waals surface area contributed by atoms with E-state index in [1.165, 1.54) is 4.31 Å². The van der Waals surface area contributed by atoms with Crippen molar-refractivity contribution in [3.63, 3.8) is 0 Å². The van der Waals surface area contributed by atoms with Crippen LogP contribution in [0, 0.1) is 13.8 Å². The Kier molecular flexibility index (Phi) is 3.93. The molecule has 0 amide bonds. The molecule has 1 spiro atoms. The highest BCUT2D eigenvalue weighted by molar-refractivity contribution is 7.89. The van der Waals surface area contributed by atoms with Crippen molar-refractivity contribution in [1.29, 1.82) is 0 Å². The van der Waals surface area contributed by atoms with Crippen molar-refractivity contribution in [2.24, 2.45) is 0 Å². The number of hydrogen-bond acceptors (Lipinski definition) is 4. The van der Waals surface area contributed by atoms with Gasteiger partial charge in [0.2, 0.25) is 10.0 Å². The normalized spacial score (nSPS) is 23.1. The molecule has 2 aliphatic heterocycles. The summed E-state index contributed by atoms with van der Waals surface area (Å²) in [6, 6.07) is 12.4. The molecule has 6 heteroatoms. The van der Waals surface area contributed by atoms with Gasteiger partial charge < -0.3 is 4.74 Å². The first kappa shape index (κ1) is 17.2. The van der Waals surface area contributed by atoms with Crippen LogP contribution in [0.4, 0.5) is 0 Å². The first-order valence-electron chi connectivity index (χ1n) is 8.74. The summed E-state index contributed by atoms with van der Waals surface area (Å²) in [5.74, 6) is -0.369. The quantitative estimate of drug-likeness (QED) is 0.761. The lowest BCUT2D eigenvalue weighted by atomic mass is 9.86. The average molecular weight is 371 g/mol. The van der Waals surface area contributed by atoms with Gasteiger partial charge in [0.15, 0.2) is 5.60 Å². The summed E-state index contributed by atoms with van der Waals surface area (Å²) in [4.78, 5) is 12.5. The second kappa shape index (κ2) is 5.93. The smallest absolute Gasteiger partial charge is 0.339 e. The van der Waals surface area contributed by atoms with Gasteiger partial charge in [-0.05, 0) is 56.0 Å². The van der Waals surface area contributed by atoms with E-state index < -0.39 is 15.6 Å². The van der Waals surface area contributed by atoms with Gasteiger partial charge in [-0.15, -0.1) is 0 Å². The van der Waals surface area contributed by atoms with Gasteiger partial charge in [-0.1, -0.05) is 24.3 Å². The second-order valence-electron chi connectivity index (χ2n) is 7.12. The Labute approximate surface area is 153 Å². The summed E-state index contributed by atoms with van der Waals surface area (Å²) >= 11 is 0. The highest BCUT2D eigenvalue weighted by Gasteiger charge is 2.50. The van der Waals surface area contributed by atoms with Crippen LogP contribution >= 0.6 is 0 Å². The zero-order valence-corrected chi connectivity index (χ0v) is 15.7. The molecule has 2 heterocycles. The Morgan fingerprint density at radius 3 is 2.62 bits per heavy atom. The summed E-state index contributed by atoms with van der Waals surface area (Å²) in [5.41, 5.74) is 2.45. The standard InChI is InChI=1S/C20H21NO4S/c1-14-8-9-16(12-15(14)2)26(23,24)21-11-5-10-20(13-21)18-7-4-3-6-17(18)19(22)25-20/h3-4,6-9,12H,5,10-11,13H2,1-2H3. The Balaban J connectivity index is 1.72. The summed E-state index contributed by atoms with van der Waals surface area (Å²) < 4.78 is 33.5. The highest BCUT2D eigenvalue weighted by atomic mass is 32.2. The fourth-order valence-electron chi connectivity index (χ4n) is 3.86. The summed E-state index contributed by atoms with van der Waals surface area (Å²) in [5, 5.41) is 0. The molecule has 1 unspecified atom stereocenters. The SMILES string of the molecule is Cc1ccc(S(=O)(=O)N2CCCC3(C2)OC(=O)c2ccccc23)cc1C. The van der Waals surface area contributed by atoms with Crippen molar-refractivity contribution in [3.8, 4) is 0 Å². The number of carbonyl (C=O) groups excluding carboxylic acids is 1. The molecule has 2 aromatic carbocycles. The van der Waals surface area contributed by atoms with Crippen LogP contribution in [0.2, 0.25) is 0 Å². The predicted octanol–water partition coefficient (Wildman–Crippen LogP) is 3.15. The molecular formula is C20H21NO4S. The molecule has 0 aromatic heterocycles. The maximum absolute atomic E-state index is 13.2. The maximum Gasteiger partial charge on any atom is 0.339 e. The minimum Gasteiger partial charge on any atom is -0.449 e. The van der Waals surface area contributed by atoms with Crippen LogP contribution in [-0.2, 0) is 20.4 Å². The van der Waals surface area contributed by atoms with E-state index in [0.29, 0.717) is 24.9 Å². The van der Waals surface area contributed by atoms with Crippen LogP contribution in [0.15, 0.2) is 47.4 Å². The number of carbonyl (C=O) groups is 1. The largest absolute Gasteiger partial charge is 0.449 e. The number of aryl methyl sites for hydroxylation is 2. The zero-order valence-electron chi connectivity index (χ0n) is 14.9. The Hall–Kier alpha value is -2.18. The van der Waals surface area contributed by atoms with Gasteiger partial charge in [0, 0.05) is 12.1 Å². The van der Waals surface area contributed by atoms with Gasteiger partial charge in [-0.25, -0.2) is 13.2 Å². The zero-order chi connectivity index (χ0) is 18.5.